The highest BCUT2D eigenvalue weighted by Crippen LogP contribution is 2.40. The van der Waals surface area contributed by atoms with Crippen LogP contribution in [-0.4, -0.2) is 21.2 Å². The van der Waals surface area contributed by atoms with Gasteiger partial charge in [-0.25, -0.2) is 13.8 Å². The predicted molar refractivity (Wildman–Crippen MR) is 105 cm³/mol. The molecule has 9 heteroatoms. The maximum absolute atomic E-state index is 13.6. The molecule has 2 heterocycles. The third kappa shape index (κ3) is 4.70. The van der Waals surface area contributed by atoms with Gasteiger partial charge in [0, 0.05) is 36.4 Å². The van der Waals surface area contributed by atoms with E-state index in [1.165, 1.54) is 22.7 Å². The number of fused-ring (bicyclic) bond motifs is 1. The monoisotopic (exact) mass is 437 g/mol. The number of pyridine rings is 1. The van der Waals surface area contributed by atoms with Gasteiger partial charge in [0.05, 0.1) is 5.69 Å². The number of amides is 1. The summed E-state index contributed by atoms with van der Waals surface area (Å²) >= 11 is 0. The fourth-order valence-electron chi connectivity index (χ4n) is 3.97. The lowest BCUT2D eigenvalue weighted by Gasteiger charge is -2.28. The molecule has 4 rings (SSSR count). The second kappa shape index (κ2) is 7.94. The Labute approximate surface area is 175 Å². The smallest absolute Gasteiger partial charge is 0.322 e. The molecule has 1 aliphatic carbocycles. The van der Waals surface area contributed by atoms with E-state index < -0.39 is 23.7 Å². The predicted octanol–water partition coefficient (Wildman–Crippen LogP) is 5.97. The van der Waals surface area contributed by atoms with Crippen LogP contribution < -0.4 is 5.32 Å². The molecule has 0 radical (unpaired) electrons. The standard InChI is InChI=1S/C22H20F5N3O/c23-21(24)9-6-14(7-10-21)12-17-19(22(25,26)27)29-18-13-16(8-11-30(17)18)28-20(31)15-4-2-1-3-5-15/h1-5,8,11,13-14H,6-7,9-10,12H2,(H,28,31). The lowest BCUT2D eigenvalue weighted by Crippen LogP contribution is -2.26. The first kappa shape index (κ1) is 21.3. The molecule has 0 unspecified atom stereocenters. The van der Waals surface area contributed by atoms with Crippen LogP contribution in [0.25, 0.3) is 5.65 Å². The van der Waals surface area contributed by atoms with Crippen molar-refractivity contribution in [3.8, 4) is 0 Å². The van der Waals surface area contributed by atoms with Crippen LogP contribution in [0.4, 0.5) is 27.6 Å². The highest BCUT2D eigenvalue weighted by molar-refractivity contribution is 6.04. The van der Waals surface area contributed by atoms with Crippen LogP contribution in [0.1, 0.15) is 47.4 Å². The van der Waals surface area contributed by atoms with Gasteiger partial charge < -0.3 is 9.72 Å². The minimum Gasteiger partial charge on any atom is -0.322 e. The Hall–Kier alpha value is -2.97. The molecule has 0 atom stereocenters. The molecule has 4 nitrogen and oxygen atoms in total. The molecule has 0 bridgehead atoms. The number of hydrogen-bond acceptors (Lipinski definition) is 2. The normalized spacial score (nSPS) is 17.1. The molecule has 2 aromatic heterocycles. The van der Waals surface area contributed by atoms with Crippen LogP contribution in [0.3, 0.4) is 0 Å². The van der Waals surface area contributed by atoms with Crippen molar-refractivity contribution in [1.29, 1.82) is 0 Å². The molecule has 0 aliphatic heterocycles. The first-order valence-electron chi connectivity index (χ1n) is 9.95. The maximum atomic E-state index is 13.6. The highest BCUT2D eigenvalue weighted by atomic mass is 19.4. The van der Waals surface area contributed by atoms with Crippen molar-refractivity contribution < 1.29 is 26.7 Å². The number of alkyl halides is 5. The number of carbonyl (C=O) groups is 1. The largest absolute Gasteiger partial charge is 0.435 e. The average Bonchev–Trinajstić information content (AvgIpc) is 3.08. The molecule has 3 aromatic rings. The Morgan fingerprint density at radius 2 is 1.81 bits per heavy atom. The van der Waals surface area contributed by atoms with Gasteiger partial charge in [0.25, 0.3) is 5.91 Å². The van der Waals surface area contributed by atoms with Gasteiger partial charge in [-0.05, 0) is 43.4 Å². The van der Waals surface area contributed by atoms with E-state index in [2.05, 4.69) is 10.3 Å². The second-order valence-corrected chi connectivity index (χ2v) is 7.87. The molecule has 1 saturated carbocycles. The van der Waals surface area contributed by atoms with Crippen molar-refractivity contribution >= 4 is 17.2 Å². The summed E-state index contributed by atoms with van der Waals surface area (Å²) in [6, 6.07) is 11.3. The van der Waals surface area contributed by atoms with Crippen LogP contribution in [-0.2, 0) is 12.6 Å². The van der Waals surface area contributed by atoms with Gasteiger partial charge in [0.15, 0.2) is 5.69 Å². The second-order valence-electron chi connectivity index (χ2n) is 7.87. The average molecular weight is 437 g/mol. The van der Waals surface area contributed by atoms with Crippen molar-refractivity contribution in [3.63, 3.8) is 0 Å². The number of imidazole rings is 1. The molecular weight excluding hydrogens is 417 g/mol. The number of anilines is 1. The fraction of sp³-hybridized carbons (Fsp3) is 0.364. The zero-order chi connectivity index (χ0) is 22.2. The van der Waals surface area contributed by atoms with Gasteiger partial charge in [-0.2, -0.15) is 13.2 Å². The third-order valence-electron chi connectivity index (χ3n) is 5.61. The van der Waals surface area contributed by atoms with Crippen LogP contribution in [0.15, 0.2) is 48.7 Å². The molecule has 1 N–H and O–H groups in total. The van der Waals surface area contributed by atoms with Gasteiger partial charge >= 0.3 is 6.18 Å². The minimum absolute atomic E-state index is 0.0157. The zero-order valence-corrected chi connectivity index (χ0v) is 16.4. The van der Waals surface area contributed by atoms with E-state index in [-0.39, 0.29) is 49.4 Å². The highest BCUT2D eigenvalue weighted by Gasteiger charge is 2.40. The number of benzene rings is 1. The summed E-state index contributed by atoms with van der Waals surface area (Å²) in [7, 11) is 0. The molecule has 1 aromatic carbocycles. The van der Waals surface area contributed by atoms with Gasteiger partial charge in [-0.1, -0.05) is 18.2 Å². The van der Waals surface area contributed by atoms with Gasteiger partial charge in [-0.15, -0.1) is 0 Å². The number of carbonyl (C=O) groups excluding carboxylic acids is 1. The van der Waals surface area contributed by atoms with E-state index in [0.717, 1.165) is 0 Å². The topological polar surface area (TPSA) is 46.4 Å². The molecular formula is C22H20F5N3O. The van der Waals surface area contributed by atoms with Crippen LogP contribution >= 0.6 is 0 Å². The van der Waals surface area contributed by atoms with Crippen molar-refractivity contribution in [3.05, 3.63) is 65.6 Å². The van der Waals surface area contributed by atoms with E-state index in [4.69, 9.17) is 0 Å². The van der Waals surface area contributed by atoms with Crippen molar-refractivity contribution in [1.82, 2.24) is 9.38 Å². The number of nitrogens with zero attached hydrogens (tertiary/aromatic N) is 2. The molecule has 31 heavy (non-hydrogen) atoms. The van der Waals surface area contributed by atoms with Crippen molar-refractivity contribution in [2.75, 3.05) is 5.32 Å². The van der Waals surface area contributed by atoms with Crippen LogP contribution in [0, 0.1) is 5.92 Å². The molecule has 1 aliphatic rings. The molecule has 0 spiro atoms. The lowest BCUT2D eigenvalue weighted by molar-refractivity contribution is -0.141. The summed E-state index contributed by atoms with van der Waals surface area (Å²) in [4.78, 5) is 16.1. The number of rotatable bonds is 4. The van der Waals surface area contributed by atoms with Crippen LogP contribution in [0.5, 0.6) is 0 Å². The summed E-state index contributed by atoms with van der Waals surface area (Å²) in [5.74, 6) is -3.40. The van der Waals surface area contributed by atoms with E-state index in [9.17, 15) is 26.7 Å². The van der Waals surface area contributed by atoms with Crippen molar-refractivity contribution in [2.45, 2.75) is 44.2 Å². The SMILES string of the molecule is O=C(Nc1ccn2c(CC3CCC(F)(F)CC3)c(C(F)(F)F)nc2c1)c1ccccc1. The van der Waals surface area contributed by atoms with Gasteiger partial charge in [0.2, 0.25) is 5.92 Å². The Balaban J connectivity index is 1.62. The number of halogens is 5. The Morgan fingerprint density at radius 1 is 1.13 bits per heavy atom. The maximum Gasteiger partial charge on any atom is 0.435 e. The number of hydrogen-bond donors (Lipinski definition) is 1. The van der Waals surface area contributed by atoms with Crippen molar-refractivity contribution in [2.24, 2.45) is 5.92 Å². The molecule has 164 valence electrons. The van der Waals surface area contributed by atoms with E-state index >= 15 is 0 Å². The van der Waals surface area contributed by atoms with Gasteiger partial charge in [0.1, 0.15) is 5.65 Å². The number of nitrogens with one attached hydrogen (secondary N) is 1. The molecule has 0 saturated heterocycles. The summed E-state index contributed by atoms with van der Waals surface area (Å²) in [5.41, 5.74) is -0.301. The van der Waals surface area contributed by atoms with E-state index in [1.807, 2.05) is 0 Å². The first-order valence-corrected chi connectivity index (χ1v) is 9.95. The molecule has 1 fully saturated rings. The minimum atomic E-state index is -4.67. The van der Waals surface area contributed by atoms with E-state index in [1.54, 1.807) is 30.3 Å². The fourth-order valence-corrected chi connectivity index (χ4v) is 3.97. The summed E-state index contributed by atoms with van der Waals surface area (Å²) in [5, 5.41) is 2.65. The van der Waals surface area contributed by atoms with Crippen LogP contribution in [0.2, 0.25) is 0 Å². The number of aromatic nitrogens is 2. The lowest BCUT2D eigenvalue weighted by atomic mass is 9.83. The Kier molecular flexibility index (Phi) is 5.45. The molecule has 1 amide bonds. The quantitative estimate of drug-likeness (QED) is 0.511. The third-order valence-corrected chi connectivity index (χ3v) is 5.61. The summed E-state index contributed by atoms with van der Waals surface area (Å²) in [6.45, 7) is 0. The van der Waals surface area contributed by atoms with Gasteiger partial charge in [-0.3, -0.25) is 4.79 Å². The Morgan fingerprint density at radius 3 is 2.45 bits per heavy atom. The van der Waals surface area contributed by atoms with E-state index in [0.29, 0.717) is 11.3 Å². The summed E-state index contributed by atoms with van der Waals surface area (Å²) in [6.07, 6.45) is -3.53. The Bertz CT molecular complexity index is 1080. The zero-order valence-electron chi connectivity index (χ0n) is 16.4. The summed E-state index contributed by atoms with van der Waals surface area (Å²) < 4.78 is 69.1. The first-order chi connectivity index (χ1) is 14.6.